The van der Waals surface area contributed by atoms with Crippen LogP contribution in [-0.2, 0) is 0 Å². The highest BCUT2D eigenvalue weighted by atomic mass is 15.0. The van der Waals surface area contributed by atoms with Crippen molar-refractivity contribution < 1.29 is 0 Å². The van der Waals surface area contributed by atoms with Crippen molar-refractivity contribution in [1.82, 2.24) is 4.57 Å². The third-order valence-corrected chi connectivity index (χ3v) is 6.68. The molecule has 6 aromatic carbocycles. The summed E-state index contributed by atoms with van der Waals surface area (Å²) in [5.74, 6) is 0. The van der Waals surface area contributed by atoms with Crippen LogP contribution in [0.15, 0.2) is 109 Å². The Bertz CT molecular complexity index is 1800. The molecular weight excluding hydrogens is 388 g/mol. The molecule has 0 aliphatic carbocycles. The van der Waals surface area contributed by atoms with E-state index in [4.69, 9.17) is 5.73 Å². The SMILES string of the molecule is Nc1ccc2c3ccccc3n(-c3ccc4c5ccccc5c5ccccc5c4c3)c2c1. The molecule has 0 spiro atoms. The highest BCUT2D eigenvalue weighted by Gasteiger charge is 2.14. The lowest BCUT2D eigenvalue weighted by Crippen LogP contribution is -1.95. The summed E-state index contributed by atoms with van der Waals surface area (Å²) in [6.45, 7) is 0. The third kappa shape index (κ3) is 2.29. The van der Waals surface area contributed by atoms with Crippen molar-refractivity contribution in [2.75, 3.05) is 5.73 Å². The molecule has 0 amide bonds. The van der Waals surface area contributed by atoms with E-state index in [0.29, 0.717) is 0 Å². The number of para-hydroxylation sites is 1. The summed E-state index contributed by atoms with van der Waals surface area (Å²) < 4.78 is 2.34. The molecular formula is C30H20N2. The number of fused-ring (bicyclic) bond motifs is 9. The fourth-order valence-electron chi connectivity index (χ4n) is 5.30. The number of aromatic nitrogens is 1. The second kappa shape index (κ2) is 6.35. The van der Waals surface area contributed by atoms with E-state index in [9.17, 15) is 0 Å². The summed E-state index contributed by atoms with van der Waals surface area (Å²) in [5, 5.41) is 10.2. The van der Waals surface area contributed by atoms with E-state index in [1.165, 1.54) is 48.6 Å². The molecule has 0 saturated heterocycles. The van der Waals surface area contributed by atoms with E-state index in [-0.39, 0.29) is 0 Å². The molecule has 0 unspecified atom stereocenters. The van der Waals surface area contributed by atoms with Gasteiger partial charge in [-0.2, -0.15) is 0 Å². The number of benzene rings is 6. The Hall–Kier alpha value is -4.30. The van der Waals surface area contributed by atoms with Crippen LogP contribution in [0.1, 0.15) is 0 Å². The van der Waals surface area contributed by atoms with Crippen LogP contribution < -0.4 is 5.73 Å². The average molecular weight is 409 g/mol. The van der Waals surface area contributed by atoms with Crippen LogP contribution in [0.5, 0.6) is 0 Å². The highest BCUT2D eigenvalue weighted by Crippen LogP contribution is 2.38. The first kappa shape index (κ1) is 17.4. The number of nitrogens with two attached hydrogens (primary N) is 1. The molecule has 2 N–H and O–H groups in total. The van der Waals surface area contributed by atoms with Gasteiger partial charge in [0, 0.05) is 22.1 Å². The van der Waals surface area contributed by atoms with E-state index in [0.717, 1.165) is 16.9 Å². The van der Waals surface area contributed by atoms with E-state index in [1.807, 2.05) is 6.07 Å². The van der Waals surface area contributed by atoms with Crippen LogP contribution in [0.3, 0.4) is 0 Å². The predicted octanol–water partition coefficient (Wildman–Crippen LogP) is 7.83. The van der Waals surface area contributed by atoms with Gasteiger partial charge in [-0.15, -0.1) is 0 Å². The lowest BCUT2D eigenvalue weighted by Gasteiger charge is -2.13. The molecule has 32 heavy (non-hydrogen) atoms. The van der Waals surface area contributed by atoms with Gasteiger partial charge in [0.15, 0.2) is 0 Å². The molecule has 0 fully saturated rings. The van der Waals surface area contributed by atoms with Crippen LogP contribution in [0, 0.1) is 0 Å². The molecule has 0 atom stereocenters. The summed E-state index contributed by atoms with van der Waals surface area (Å²) >= 11 is 0. The minimum atomic E-state index is 0.777. The fraction of sp³-hybridized carbons (Fsp3) is 0. The molecule has 7 rings (SSSR count). The molecule has 0 aliphatic rings. The molecule has 0 bridgehead atoms. The van der Waals surface area contributed by atoms with Crippen LogP contribution in [0.25, 0.3) is 59.8 Å². The van der Waals surface area contributed by atoms with Crippen molar-refractivity contribution in [3.63, 3.8) is 0 Å². The van der Waals surface area contributed by atoms with Crippen molar-refractivity contribution in [2.45, 2.75) is 0 Å². The molecule has 1 heterocycles. The molecule has 2 heteroatoms. The Morgan fingerprint density at radius 2 is 0.906 bits per heavy atom. The van der Waals surface area contributed by atoms with Crippen LogP contribution in [-0.4, -0.2) is 4.57 Å². The largest absolute Gasteiger partial charge is 0.399 e. The molecule has 0 radical (unpaired) electrons. The van der Waals surface area contributed by atoms with Crippen molar-refractivity contribution in [3.05, 3.63) is 109 Å². The van der Waals surface area contributed by atoms with Crippen molar-refractivity contribution >= 4 is 59.8 Å². The maximum Gasteiger partial charge on any atom is 0.0561 e. The van der Waals surface area contributed by atoms with Gasteiger partial charge >= 0.3 is 0 Å². The Labute approximate surface area is 185 Å². The quantitative estimate of drug-likeness (QED) is 0.218. The maximum atomic E-state index is 6.21. The molecule has 7 aromatic rings. The smallest absolute Gasteiger partial charge is 0.0561 e. The molecule has 150 valence electrons. The highest BCUT2D eigenvalue weighted by molar-refractivity contribution is 6.25. The van der Waals surface area contributed by atoms with Crippen molar-refractivity contribution in [2.24, 2.45) is 0 Å². The van der Waals surface area contributed by atoms with Gasteiger partial charge in [-0.3, -0.25) is 0 Å². The van der Waals surface area contributed by atoms with Crippen molar-refractivity contribution in [3.8, 4) is 5.69 Å². The summed E-state index contributed by atoms with van der Waals surface area (Å²) in [4.78, 5) is 0. The topological polar surface area (TPSA) is 30.9 Å². The van der Waals surface area contributed by atoms with Gasteiger partial charge in [0.05, 0.1) is 11.0 Å². The first-order valence-corrected chi connectivity index (χ1v) is 10.9. The lowest BCUT2D eigenvalue weighted by atomic mass is 9.94. The van der Waals surface area contributed by atoms with Gasteiger partial charge in [0.1, 0.15) is 0 Å². The summed E-state index contributed by atoms with van der Waals surface area (Å²) in [6, 6.07) is 39.0. The van der Waals surface area contributed by atoms with Gasteiger partial charge in [-0.25, -0.2) is 0 Å². The minimum absolute atomic E-state index is 0.777. The van der Waals surface area contributed by atoms with Gasteiger partial charge in [0.2, 0.25) is 0 Å². The fourth-order valence-corrected chi connectivity index (χ4v) is 5.30. The Morgan fingerprint density at radius 1 is 0.406 bits per heavy atom. The zero-order valence-corrected chi connectivity index (χ0v) is 17.4. The van der Waals surface area contributed by atoms with Crippen LogP contribution in [0.2, 0.25) is 0 Å². The maximum absolute atomic E-state index is 6.21. The Balaban J connectivity index is 1.66. The lowest BCUT2D eigenvalue weighted by molar-refractivity contribution is 1.19. The standard InChI is InChI=1S/C30H20N2/c31-19-13-15-27-26-11-5-6-12-29(26)32(30(27)17-19)20-14-16-25-23-9-2-1-7-21(23)22-8-3-4-10-24(22)28(25)18-20/h1-18H,31H2. The first-order valence-electron chi connectivity index (χ1n) is 10.9. The van der Waals surface area contributed by atoms with Gasteiger partial charge in [-0.05, 0) is 62.6 Å². The number of anilines is 1. The average Bonchev–Trinajstić information content (AvgIpc) is 3.17. The second-order valence-corrected chi connectivity index (χ2v) is 8.45. The molecule has 0 aliphatic heterocycles. The van der Waals surface area contributed by atoms with Gasteiger partial charge in [0.25, 0.3) is 0 Å². The Kier molecular flexibility index (Phi) is 3.45. The molecule has 1 aromatic heterocycles. The number of nitrogen functional groups attached to an aromatic ring is 1. The molecule has 0 saturated carbocycles. The van der Waals surface area contributed by atoms with Crippen LogP contribution >= 0.6 is 0 Å². The molecule has 2 nitrogen and oxygen atoms in total. The normalized spacial score (nSPS) is 11.9. The Morgan fingerprint density at radius 3 is 1.59 bits per heavy atom. The van der Waals surface area contributed by atoms with E-state index >= 15 is 0 Å². The van der Waals surface area contributed by atoms with Gasteiger partial charge < -0.3 is 10.3 Å². The zero-order chi connectivity index (χ0) is 21.2. The van der Waals surface area contributed by atoms with Gasteiger partial charge in [-0.1, -0.05) is 78.9 Å². The summed E-state index contributed by atoms with van der Waals surface area (Å²) in [5.41, 5.74) is 10.5. The third-order valence-electron chi connectivity index (χ3n) is 6.68. The summed E-state index contributed by atoms with van der Waals surface area (Å²) in [7, 11) is 0. The predicted molar refractivity (Wildman–Crippen MR) is 138 cm³/mol. The first-order chi connectivity index (χ1) is 15.8. The number of rotatable bonds is 1. The monoisotopic (exact) mass is 408 g/mol. The summed E-state index contributed by atoms with van der Waals surface area (Å²) in [6.07, 6.45) is 0. The number of hydrogen-bond acceptors (Lipinski definition) is 1. The van der Waals surface area contributed by atoms with Crippen LogP contribution in [0.4, 0.5) is 5.69 Å². The number of nitrogens with zero attached hydrogens (tertiary/aromatic N) is 1. The van der Waals surface area contributed by atoms with Crippen molar-refractivity contribution in [1.29, 1.82) is 0 Å². The van der Waals surface area contributed by atoms with E-state index in [1.54, 1.807) is 0 Å². The van der Waals surface area contributed by atoms with E-state index < -0.39 is 0 Å². The number of hydrogen-bond donors (Lipinski definition) is 1. The second-order valence-electron chi connectivity index (χ2n) is 8.45. The zero-order valence-electron chi connectivity index (χ0n) is 17.4. The van der Waals surface area contributed by atoms with E-state index in [2.05, 4.69) is 108 Å². The minimum Gasteiger partial charge on any atom is -0.399 e.